The van der Waals surface area contributed by atoms with Crippen LogP contribution >= 0.6 is 0 Å². The van der Waals surface area contributed by atoms with Crippen LogP contribution in [0.4, 0.5) is 4.39 Å². The molecule has 0 unspecified atom stereocenters. The molecule has 0 aliphatic heterocycles. The third kappa shape index (κ3) is 2.27. The Balaban J connectivity index is 3.21. The van der Waals surface area contributed by atoms with Gasteiger partial charge < -0.3 is 4.90 Å². The minimum absolute atomic E-state index is 0.0944. The molecule has 1 amide bonds. The molecule has 0 aromatic heterocycles. The molecule has 0 spiro atoms. The summed E-state index contributed by atoms with van der Waals surface area (Å²) in [6.45, 7) is 4.59. The number of rotatable bonds is 4. The molecule has 0 radical (unpaired) electrons. The van der Waals surface area contributed by atoms with Crippen LogP contribution in [0.2, 0.25) is 0 Å². The molecule has 1 rings (SSSR count). The maximum absolute atomic E-state index is 13.5. The number of carbonyl (C=O) groups excluding carboxylic acids is 2. The zero-order chi connectivity index (χ0) is 12.1. The molecule has 0 aliphatic rings. The van der Waals surface area contributed by atoms with Crippen molar-refractivity contribution in [3.8, 4) is 0 Å². The molecule has 1 aromatic carbocycles. The summed E-state index contributed by atoms with van der Waals surface area (Å²) in [5.41, 5.74) is -0.0434. The van der Waals surface area contributed by atoms with Gasteiger partial charge >= 0.3 is 0 Å². The average Bonchev–Trinajstić information content (AvgIpc) is 2.29. The lowest BCUT2D eigenvalue weighted by Gasteiger charge is -2.19. The number of amides is 1. The van der Waals surface area contributed by atoms with E-state index in [1.165, 1.54) is 23.1 Å². The van der Waals surface area contributed by atoms with Gasteiger partial charge in [0.05, 0.1) is 5.56 Å². The molecule has 4 heteroatoms. The van der Waals surface area contributed by atoms with Gasteiger partial charge in [-0.3, -0.25) is 9.59 Å². The monoisotopic (exact) mass is 223 g/mol. The predicted molar refractivity (Wildman–Crippen MR) is 59.0 cm³/mol. The van der Waals surface area contributed by atoms with Crippen molar-refractivity contribution in [3.63, 3.8) is 0 Å². The molecule has 3 nitrogen and oxygen atoms in total. The van der Waals surface area contributed by atoms with E-state index in [4.69, 9.17) is 0 Å². The predicted octanol–water partition coefficient (Wildman–Crippen LogP) is 2.12. The van der Waals surface area contributed by atoms with Gasteiger partial charge in [0.25, 0.3) is 5.91 Å². The first-order chi connectivity index (χ1) is 7.65. The highest BCUT2D eigenvalue weighted by molar-refractivity contribution is 6.01. The lowest BCUT2D eigenvalue weighted by Crippen LogP contribution is -2.32. The Kier molecular flexibility index (Phi) is 4.17. The van der Waals surface area contributed by atoms with Gasteiger partial charge in [-0.2, -0.15) is 0 Å². The topological polar surface area (TPSA) is 37.4 Å². The number of benzene rings is 1. The van der Waals surface area contributed by atoms with Crippen molar-refractivity contribution in [3.05, 3.63) is 35.1 Å². The zero-order valence-corrected chi connectivity index (χ0v) is 9.37. The van der Waals surface area contributed by atoms with E-state index >= 15 is 0 Å². The summed E-state index contributed by atoms with van der Waals surface area (Å²) >= 11 is 0. The second-order valence-electron chi connectivity index (χ2n) is 3.30. The Morgan fingerprint density at radius 2 is 2.00 bits per heavy atom. The van der Waals surface area contributed by atoms with E-state index in [9.17, 15) is 14.0 Å². The fourth-order valence-corrected chi connectivity index (χ4v) is 1.53. The smallest absolute Gasteiger partial charge is 0.257 e. The minimum atomic E-state index is -0.651. The normalized spacial score (nSPS) is 9.94. The van der Waals surface area contributed by atoms with E-state index in [-0.39, 0.29) is 11.1 Å². The molecule has 0 N–H and O–H groups in total. The molecule has 0 atom stereocenters. The zero-order valence-electron chi connectivity index (χ0n) is 9.37. The maximum atomic E-state index is 13.5. The van der Waals surface area contributed by atoms with Crippen LogP contribution in [0.3, 0.4) is 0 Å². The molecular weight excluding hydrogens is 209 g/mol. The summed E-state index contributed by atoms with van der Waals surface area (Å²) in [5.74, 6) is -1.09. The molecule has 0 aliphatic carbocycles. The van der Waals surface area contributed by atoms with Crippen LogP contribution in [0.5, 0.6) is 0 Å². The molecule has 86 valence electrons. The van der Waals surface area contributed by atoms with Crippen LogP contribution < -0.4 is 0 Å². The van der Waals surface area contributed by atoms with Crippen molar-refractivity contribution >= 4 is 12.2 Å². The van der Waals surface area contributed by atoms with Crippen molar-refractivity contribution in [2.45, 2.75) is 13.8 Å². The summed E-state index contributed by atoms with van der Waals surface area (Å²) in [6.07, 6.45) is 0.500. The van der Waals surface area contributed by atoms with Crippen LogP contribution in [-0.4, -0.2) is 30.2 Å². The van der Waals surface area contributed by atoms with Crippen LogP contribution in [0.1, 0.15) is 34.6 Å². The van der Waals surface area contributed by atoms with Gasteiger partial charge in [-0.05, 0) is 19.9 Å². The Hall–Kier alpha value is -1.71. The highest BCUT2D eigenvalue weighted by atomic mass is 19.1. The van der Waals surface area contributed by atoms with Gasteiger partial charge in [-0.25, -0.2) is 4.39 Å². The van der Waals surface area contributed by atoms with Crippen molar-refractivity contribution in [1.29, 1.82) is 0 Å². The molecule has 0 saturated carbocycles. The van der Waals surface area contributed by atoms with E-state index in [0.717, 1.165) is 0 Å². The Bertz CT molecular complexity index is 400. The maximum Gasteiger partial charge on any atom is 0.257 e. The summed E-state index contributed by atoms with van der Waals surface area (Å²) < 4.78 is 13.5. The highest BCUT2D eigenvalue weighted by Gasteiger charge is 2.20. The minimum Gasteiger partial charge on any atom is -0.339 e. The fraction of sp³-hybridized carbons (Fsp3) is 0.333. The van der Waals surface area contributed by atoms with E-state index in [1.807, 2.05) is 13.8 Å². The first kappa shape index (κ1) is 12.4. The largest absolute Gasteiger partial charge is 0.339 e. The van der Waals surface area contributed by atoms with Gasteiger partial charge in [0.15, 0.2) is 6.29 Å². The summed E-state index contributed by atoms with van der Waals surface area (Å²) in [5, 5.41) is 0. The number of halogens is 1. The van der Waals surface area contributed by atoms with Gasteiger partial charge in [-0.15, -0.1) is 0 Å². The van der Waals surface area contributed by atoms with E-state index in [0.29, 0.717) is 19.4 Å². The molecule has 0 saturated heterocycles. The van der Waals surface area contributed by atoms with Gasteiger partial charge in [0.2, 0.25) is 0 Å². The second kappa shape index (κ2) is 5.39. The van der Waals surface area contributed by atoms with Gasteiger partial charge in [0.1, 0.15) is 5.82 Å². The van der Waals surface area contributed by atoms with Gasteiger partial charge in [-0.1, -0.05) is 12.1 Å². The highest BCUT2D eigenvalue weighted by Crippen LogP contribution is 2.14. The third-order valence-electron chi connectivity index (χ3n) is 2.44. The SMILES string of the molecule is CCN(CC)C(=O)c1c(F)cccc1C=O. The van der Waals surface area contributed by atoms with Crippen LogP contribution in [0.15, 0.2) is 18.2 Å². The van der Waals surface area contributed by atoms with Crippen molar-refractivity contribution in [1.82, 2.24) is 4.90 Å². The Labute approximate surface area is 93.9 Å². The van der Waals surface area contributed by atoms with Crippen LogP contribution in [0.25, 0.3) is 0 Å². The molecule has 16 heavy (non-hydrogen) atoms. The summed E-state index contributed by atoms with van der Waals surface area (Å²) in [4.78, 5) is 24.2. The number of hydrogen-bond donors (Lipinski definition) is 0. The summed E-state index contributed by atoms with van der Waals surface area (Å²) in [7, 11) is 0. The van der Waals surface area contributed by atoms with E-state index in [1.54, 1.807) is 0 Å². The number of aldehydes is 1. The average molecular weight is 223 g/mol. The van der Waals surface area contributed by atoms with Crippen LogP contribution in [0, 0.1) is 5.82 Å². The second-order valence-corrected chi connectivity index (χ2v) is 3.30. The van der Waals surface area contributed by atoms with Gasteiger partial charge in [0, 0.05) is 18.7 Å². The van der Waals surface area contributed by atoms with E-state index in [2.05, 4.69) is 0 Å². The molecular formula is C12H14FNO2. The Morgan fingerprint density at radius 1 is 1.38 bits per heavy atom. The standard InChI is InChI=1S/C12H14FNO2/c1-3-14(4-2)12(16)11-9(8-15)6-5-7-10(11)13/h5-8H,3-4H2,1-2H3. The quantitative estimate of drug-likeness (QED) is 0.733. The molecule has 0 fully saturated rings. The third-order valence-corrected chi connectivity index (χ3v) is 2.44. The summed E-state index contributed by atoms with van der Waals surface area (Å²) in [6, 6.07) is 4.04. The lowest BCUT2D eigenvalue weighted by atomic mass is 10.1. The first-order valence-corrected chi connectivity index (χ1v) is 5.18. The van der Waals surface area contributed by atoms with Crippen molar-refractivity contribution < 1.29 is 14.0 Å². The lowest BCUT2D eigenvalue weighted by molar-refractivity contribution is 0.0765. The fourth-order valence-electron chi connectivity index (χ4n) is 1.53. The van der Waals surface area contributed by atoms with Crippen molar-refractivity contribution in [2.24, 2.45) is 0 Å². The number of carbonyl (C=O) groups is 2. The van der Waals surface area contributed by atoms with E-state index < -0.39 is 11.7 Å². The molecule has 1 aromatic rings. The molecule has 0 heterocycles. The van der Waals surface area contributed by atoms with Crippen LogP contribution in [-0.2, 0) is 0 Å². The molecule has 0 bridgehead atoms. The van der Waals surface area contributed by atoms with Crippen molar-refractivity contribution in [2.75, 3.05) is 13.1 Å². The number of nitrogens with zero attached hydrogens (tertiary/aromatic N) is 1. The Morgan fingerprint density at radius 3 is 2.50 bits per heavy atom. The first-order valence-electron chi connectivity index (χ1n) is 5.18. The number of hydrogen-bond acceptors (Lipinski definition) is 2.